The van der Waals surface area contributed by atoms with Gasteiger partial charge >= 0.3 is 0 Å². The van der Waals surface area contributed by atoms with Crippen molar-refractivity contribution in [1.29, 1.82) is 0 Å². The predicted molar refractivity (Wildman–Crippen MR) is 73.4 cm³/mol. The van der Waals surface area contributed by atoms with E-state index in [1.807, 2.05) is 6.20 Å². The zero-order valence-electron chi connectivity index (χ0n) is 11.3. The maximum absolute atomic E-state index is 4.48. The van der Waals surface area contributed by atoms with E-state index in [4.69, 9.17) is 0 Å². The highest BCUT2D eigenvalue weighted by molar-refractivity contribution is 5.44. The monoisotopic (exact) mass is 232 g/mol. The van der Waals surface area contributed by atoms with Crippen LogP contribution in [0.15, 0.2) is 18.3 Å². The molecule has 0 aliphatic carbocycles. The highest BCUT2D eigenvalue weighted by Gasteiger charge is 2.21. The van der Waals surface area contributed by atoms with Crippen LogP contribution >= 0.6 is 0 Å². The molecular weight excluding hydrogens is 208 g/mol. The molecule has 0 spiro atoms. The quantitative estimate of drug-likeness (QED) is 0.792. The molecule has 0 unspecified atom stereocenters. The van der Waals surface area contributed by atoms with Gasteiger partial charge in [0.2, 0.25) is 0 Å². The van der Waals surface area contributed by atoms with Crippen molar-refractivity contribution in [2.75, 3.05) is 18.0 Å². The highest BCUT2D eigenvalue weighted by atomic mass is 15.1. The second-order valence-electron chi connectivity index (χ2n) is 5.43. The van der Waals surface area contributed by atoms with E-state index in [1.165, 1.54) is 37.3 Å². The molecule has 2 rings (SSSR count). The summed E-state index contributed by atoms with van der Waals surface area (Å²) in [4.78, 5) is 6.96. The molecule has 1 aromatic rings. The molecule has 2 heteroatoms. The van der Waals surface area contributed by atoms with Gasteiger partial charge in [-0.25, -0.2) is 0 Å². The first-order valence-electron chi connectivity index (χ1n) is 6.90. The van der Waals surface area contributed by atoms with E-state index in [0.29, 0.717) is 0 Å². The topological polar surface area (TPSA) is 16.1 Å². The Hall–Kier alpha value is -1.05. The van der Waals surface area contributed by atoms with Gasteiger partial charge < -0.3 is 4.90 Å². The molecular formula is C15H24N2. The summed E-state index contributed by atoms with van der Waals surface area (Å²) in [6.07, 6.45) is 5.71. The number of pyridine rings is 1. The summed E-state index contributed by atoms with van der Waals surface area (Å²) in [6, 6.07) is 4.38. The fourth-order valence-electron chi connectivity index (χ4n) is 2.64. The van der Waals surface area contributed by atoms with Crippen LogP contribution in [0.1, 0.15) is 39.3 Å². The molecule has 1 aliphatic heterocycles. The molecule has 0 radical (unpaired) electrons. The van der Waals surface area contributed by atoms with Crippen molar-refractivity contribution >= 4 is 5.69 Å². The van der Waals surface area contributed by atoms with Crippen molar-refractivity contribution < 1.29 is 0 Å². The van der Waals surface area contributed by atoms with Gasteiger partial charge in [0, 0.05) is 18.8 Å². The van der Waals surface area contributed by atoms with Crippen LogP contribution in [-0.2, 0) is 6.42 Å². The van der Waals surface area contributed by atoms with Gasteiger partial charge in [0.15, 0.2) is 0 Å². The van der Waals surface area contributed by atoms with Gasteiger partial charge in [-0.15, -0.1) is 0 Å². The standard InChI is InChI=1S/C15H24N2/c1-4-14-5-6-15(11-16-14)17-9-7-13(8-10-17)12(2)3/h5-6,11-13H,4,7-10H2,1-3H3. The van der Waals surface area contributed by atoms with Gasteiger partial charge in [0.25, 0.3) is 0 Å². The van der Waals surface area contributed by atoms with Crippen LogP contribution in [-0.4, -0.2) is 18.1 Å². The normalized spacial score (nSPS) is 17.8. The third-order valence-corrected chi connectivity index (χ3v) is 4.02. The first-order valence-corrected chi connectivity index (χ1v) is 6.90. The number of rotatable bonds is 3. The summed E-state index contributed by atoms with van der Waals surface area (Å²) in [5, 5.41) is 0. The van der Waals surface area contributed by atoms with Gasteiger partial charge in [-0.1, -0.05) is 20.8 Å². The van der Waals surface area contributed by atoms with Crippen molar-refractivity contribution in [2.45, 2.75) is 40.0 Å². The molecule has 0 atom stereocenters. The van der Waals surface area contributed by atoms with Crippen LogP contribution < -0.4 is 4.90 Å². The third-order valence-electron chi connectivity index (χ3n) is 4.02. The average Bonchev–Trinajstić information content (AvgIpc) is 2.39. The Labute approximate surface area is 105 Å². The maximum atomic E-state index is 4.48. The van der Waals surface area contributed by atoms with E-state index in [0.717, 1.165) is 18.3 Å². The Morgan fingerprint density at radius 1 is 1.29 bits per heavy atom. The number of piperidine rings is 1. The summed E-state index contributed by atoms with van der Waals surface area (Å²) in [7, 11) is 0. The van der Waals surface area contributed by atoms with E-state index in [9.17, 15) is 0 Å². The van der Waals surface area contributed by atoms with E-state index in [-0.39, 0.29) is 0 Å². The molecule has 0 N–H and O–H groups in total. The number of hydrogen-bond acceptors (Lipinski definition) is 2. The van der Waals surface area contributed by atoms with Gasteiger partial charge in [-0.05, 0) is 43.2 Å². The van der Waals surface area contributed by atoms with Crippen LogP contribution in [0.3, 0.4) is 0 Å². The fraction of sp³-hybridized carbons (Fsp3) is 0.667. The molecule has 1 saturated heterocycles. The smallest absolute Gasteiger partial charge is 0.0552 e. The van der Waals surface area contributed by atoms with Gasteiger partial charge in [-0.3, -0.25) is 4.98 Å². The largest absolute Gasteiger partial charge is 0.370 e. The van der Waals surface area contributed by atoms with E-state index in [1.54, 1.807) is 0 Å². The van der Waals surface area contributed by atoms with Gasteiger partial charge in [0.1, 0.15) is 0 Å². The van der Waals surface area contributed by atoms with Crippen molar-refractivity contribution in [3.05, 3.63) is 24.0 Å². The first kappa shape index (κ1) is 12.4. The Kier molecular flexibility index (Phi) is 4.03. The molecule has 94 valence electrons. The molecule has 1 fully saturated rings. The molecule has 1 aliphatic rings. The minimum absolute atomic E-state index is 0.831. The molecule has 17 heavy (non-hydrogen) atoms. The minimum Gasteiger partial charge on any atom is -0.370 e. The predicted octanol–water partition coefficient (Wildman–Crippen LogP) is 3.52. The lowest BCUT2D eigenvalue weighted by Gasteiger charge is -2.35. The fourth-order valence-corrected chi connectivity index (χ4v) is 2.64. The summed E-state index contributed by atoms with van der Waals surface area (Å²) in [5.41, 5.74) is 2.48. The zero-order chi connectivity index (χ0) is 12.3. The molecule has 0 bridgehead atoms. The lowest BCUT2D eigenvalue weighted by Crippen LogP contribution is -2.35. The first-order chi connectivity index (χ1) is 8.20. The number of nitrogens with zero attached hydrogens (tertiary/aromatic N) is 2. The van der Waals surface area contributed by atoms with Crippen LogP contribution in [0.5, 0.6) is 0 Å². The van der Waals surface area contributed by atoms with Crippen LogP contribution in [0, 0.1) is 11.8 Å². The Balaban J connectivity index is 1.95. The summed E-state index contributed by atoms with van der Waals surface area (Å²) >= 11 is 0. The van der Waals surface area contributed by atoms with Crippen molar-refractivity contribution in [2.24, 2.45) is 11.8 Å². The number of aromatic nitrogens is 1. The van der Waals surface area contributed by atoms with E-state index < -0.39 is 0 Å². The van der Waals surface area contributed by atoms with Crippen LogP contribution in [0.4, 0.5) is 5.69 Å². The van der Waals surface area contributed by atoms with E-state index >= 15 is 0 Å². The summed E-state index contributed by atoms with van der Waals surface area (Å²) < 4.78 is 0. The Bertz CT molecular complexity index is 334. The zero-order valence-corrected chi connectivity index (χ0v) is 11.3. The number of hydrogen-bond donors (Lipinski definition) is 0. The summed E-state index contributed by atoms with van der Waals surface area (Å²) in [6.45, 7) is 9.22. The highest BCUT2D eigenvalue weighted by Crippen LogP contribution is 2.27. The van der Waals surface area contributed by atoms with Crippen molar-refractivity contribution in [1.82, 2.24) is 4.98 Å². The number of anilines is 1. The second kappa shape index (κ2) is 5.52. The Morgan fingerprint density at radius 2 is 2.00 bits per heavy atom. The van der Waals surface area contributed by atoms with Gasteiger partial charge in [-0.2, -0.15) is 0 Å². The third kappa shape index (κ3) is 2.99. The van der Waals surface area contributed by atoms with E-state index in [2.05, 4.69) is 42.8 Å². The lowest BCUT2D eigenvalue weighted by molar-refractivity contribution is 0.311. The van der Waals surface area contributed by atoms with Crippen molar-refractivity contribution in [3.8, 4) is 0 Å². The molecule has 0 amide bonds. The molecule has 0 saturated carbocycles. The lowest BCUT2D eigenvalue weighted by atomic mass is 9.86. The summed E-state index contributed by atoms with van der Waals surface area (Å²) in [5.74, 6) is 1.74. The Morgan fingerprint density at radius 3 is 2.47 bits per heavy atom. The van der Waals surface area contributed by atoms with Gasteiger partial charge in [0.05, 0.1) is 11.9 Å². The molecule has 1 aromatic heterocycles. The molecule has 2 heterocycles. The molecule has 2 nitrogen and oxygen atoms in total. The average molecular weight is 232 g/mol. The van der Waals surface area contributed by atoms with Crippen molar-refractivity contribution in [3.63, 3.8) is 0 Å². The SMILES string of the molecule is CCc1ccc(N2CCC(C(C)C)CC2)cn1. The van der Waals surface area contributed by atoms with Crippen LogP contribution in [0.2, 0.25) is 0 Å². The second-order valence-corrected chi connectivity index (χ2v) is 5.43. The number of aryl methyl sites for hydroxylation is 1. The van der Waals surface area contributed by atoms with Crippen LogP contribution in [0.25, 0.3) is 0 Å². The maximum Gasteiger partial charge on any atom is 0.0552 e. The minimum atomic E-state index is 0.831. The molecule has 0 aromatic carbocycles.